The Labute approximate surface area is 124 Å². The molecule has 0 bridgehead atoms. The minimum absolute atomic E-state index is 0.217. The molecule has 21 heavy (non-hydrogen) atoms. The lowest BCUT2D eigenvalue weighted by Gasteiger charge is -2.24. The predicted molar refractivity (Wildman–Crippen MR) is 82.4 cm³/mol. The van der Waals surface area contributed by atoms with Crippen molar-refractivity contribution in [1.82, 2.24) is 29.4 Å². The summed E-state index contributed by atoms with van der Waals surface area (Å²) in [6.07, 6.45) is 6.11. The van der Waals surface area contributed by atoms with Crippen molar-refractivity contribution in [2.45, 2.75) is 13.3 Å². The molecule has 0 saturated heterocycles. The van der Waals surface area contributed by atoms with Crippen molar-refractivity contribution in [3.8, 4) is 5.95 Å². The summed E-state index contributed by atoms with van der Waals surface area (Å²) in [6, 6.07) is 0. The zero-order chi connectivity index (χ0) is 15.2. The van der Waals surface area contributed by atoms with Crippen LogP contribution in [0, 0.1) is 0 Å². The van der Waals surface area contributed by atoms with Crippen LogP contribution in [0.5, 0.6) is 0 Å². The van der Waals surface area contributed by atoms with Crippen molar-refractivity contribution in [3.63, 3.8) is 0 Å². The lowest BCUT2D eigenvalue weighted by molar-refractivity contribution is 0.411. The molecular formula is C13H22N8. The van der Waals surface area contributed by atoms with Gasteiger partial charge in [0.05, 0.1) is 0 Å². The van der Waals surface area contributed by atoms with Gasteiger partial charge in [-0.3, -0.25) is 4.57 Å². The molecule has 0 atom stereocenters. The minimum Gasteiger partial charge on any atom is -0.368 e. The van der Waals surface area contributed by atoms with Crippen molar-refractivity contribution >= 4 is 11.9 Å². The summed E-state index contributed by atoms with van der Waals surface area (Å²) in [4.78, 5) is 21.2. The first kappa shape index (κ1) is 15.2. The lowest BCUT2D eigenvalue weighted by Crippen LogP contribution is -2.34. The first-order valence-corrected chi connectivity index (χ1v) is 6.99. The average Bonchev–Trinajstić information content (AvgIpc) is 2.96. The van der Waals surface area contributed by atoms with Crippen LogP contribution in [0.2, 0.25) is 0 Å². The van der Waals surface area contributed by atoms with Gasteiger partial charge in [0.25, 0.3) is 0 Å². The quantitative estimate of drug-likeness (QED) is 0.790. The standard InChI is InChI=1S/C13H22N8/c1-4-6-20(9-8-19(2)3)12-16-11(14)17-13(18-12)21-7-5-15-10-21/h5,7,10H,4,6,8-9H2,1-3H3,(H2,14,16,17,18). The molecule has 0 spiro atoms. The van der Waals surface area contributed by atoms with Crippen LogP contribution < -0.4 is 10.6 Å². The number of anilines is 2. The fourth-order valence-corrected chi connectivity index (χ4v) is 1.91. The summed E-state index contributed by atoms with van der Waals surface area (Å²) in [5.41, 5.74) is 5.82. The Kier molecular flexibility index (Phi) is 5.04. The Morgan fingerprint density at radius 1 is 1.14 bits per heavy atom. The molecule has 8 nitrogen and oxygen atoms in total. The molecule has 0 aromatic carbocycles. The highest BCUT2D eigenvalue weighted by Crippen LogP contribution is 2.12. The van der Waals surface area contributed by atoms with E-state index < -0.39 is 0 Å². The molecule has 2 rings (SSSR count). The second kappa shape index (κ2) is 6.98. The lowest BCUT2D eigenvalue weighted by atomic mass is 10.4. The van der Waals surface area contributed by atoms with E-state index in [4.69, 9.17) is 5.73 Å². The number of nitrogens with zero attached hydrogens (tertiary/aromatic N) is 7. The van der Waals surface area contributed by atoms with Crippen LogP contribution in [0.15, 0.2) is 18.7 Å². The van der Waals surface area contributed by atoms with Crippen LogP contribution in [0.25, 0.3) is 5.95 Å². The summed E-state index contributed by atoms with van der Waals surface area (Å²) in [5.74, 6) is 1.31. The van der Waals surface area contributed by atoms with Crippen molar-refractivity contribution in [2.24, 2.45) is 0 Å². The number of rotatable bonds is 7. The number of likely N-dealkylation sites (N-methyl/N-ethyl adjacent to an activating group) is 1. The van der Waals surface area contributed by atoms with Crippen molar-refractivity contribution in [3.05, 3.63) is 18.7 Å². The van der Waals surface area contributed by atoms with Gasteiger partial charge in [-0.2, -0.15) is 15.0 Å². The highest BCUT2D eigenvalue weighted by molar-refractivity contribution is 5.37. The largest absolute Gasteiger partial charge is 0.368 e. The van der Waals surface area contributed by atoms with Gasteiger partial charge in [0.15, 0.2) is 0 Å². The number of nitrogens with two attached hydrogens (primary N) is 1. The van der Waals surface area contributed by atoms with Gasteiger partial charge < -0.3 is 15.5 Å². The highest BCUT2D eigenvalue weighted by atomic mass is 15.3. The fraction of sp³-hybridized carbons (Fsp3) is 0.538. The molecule has 2 aromatic heterocycles. The zero-order valence-electron chi connectivity index (χ0n) is 12.8. The predicted octanol–water partition coefficient (Wildman–Crippen LogP) is 0.418. The van der Waals surface area contributed by atoms with Crippen LogP contribution in [0.3, 0.4) is 0 Å². The van der Waals surface area contributed by atoms with Gasteiger partial charge in [-0.1, -0.05) is 6.92 Å². The van der Waals surface area contributed by atoms with Crippen LogP contribution in [-0.4, -0.2) is 63.1 Å². The number of aromatic nitrogens is 5. The molecule has 0 amide bonds. The first-order chi connectivity index (χ1) is 10.1. The van der Waals surface area contributed by atoms with E-state index in [9.17, 15) is 0 Å². The van der Waals surface area contributed by atoms with E-state index in [0.29, 0.717) is 11.9 Å². The Balaban J connectivity index is 2.27. The van der Waals surface area contributed by atoms with Crippen LogP contribution in [-0.2, 0) is 0 Å². The molecule has 0 aliphatic rings. The zero-order valence-corrected chi connectivity index (χ0v) is 12.8. The van der Waals surface area contributed by atoms with E-state index in [1.807, 2.05) is 14.1 Å². The van der Waals surface area contributed by atoms with Gasteiger partial charge in [0.1, 0.15) is 6.33 Å². The SMILES string of the molecule is CCCN(CCN(C)C)c1nc(N)nc(-n2ccnc2)n1. The van der Waals surface area contributed by atoms with E-state index in [-0.39, 0.29) is 5.95 Å². The monoisotopic (exact) mass is 290 g/mol. The molecule has 2 heterocycles. The summed E-state index contributed by atoms with van der Waals surface area (Å²) in [7, 11) is 4.09. The molecule has 0 saturated carbocycles. The molecule has 8 heteroatoms. The number of imidazole rings is 1. The maximum atomic E-state index is 5.82. The summed E-state index contributed by atoms with van der Waals surface area (Å²) >= 11 is 0. The van der Waals surface area contributed by atoms with Gasteiger partial charge in [0.2, 0.25) is 17.8 Å². The summed E-state index contributed by atoms with van der Waals surface area (Å²) < 4.78 is 1.72. The number of nitrogen functional groups attached to an aromatic ring is 1. The highest BCUT2D eigenvalue weighted by Gasteiger charge is 2.13. The van der Waals surface area contributed by atoms with Crippen molar-refractivity contribution in [2.75, 3.05) is 44.4 Å². The number of hydrogen-bond donors (Lipinski definition) is 1. The maximum absolute atomic E-state index is 5.82. The normalized spacial score (nSPS) is 11.0. The molecule has 0 aliphatic heterocycles. The topological polar surface area (TPSA) is 89.0 Å². The van der Waals surface area contributed by atoms with Crippen LogP contribution in [0.1, 0.15) is 13.3 Å². The molecule has 2 aromatic rings. The van der Waals surface area contributed by atoms with Gasteiger partial charge in [-0.15, -0.1) is 0 Å². The van der Waals surface area contributed by atoms with E-state index in [1.54, 1.807) is 23.3 Å². The molecule has 0 aliphatic carbocycles. The van der Waals surface area contributed by atoms with Gasteiger partial charge in [-0.05, 0) is 20.5 Å². The summed E-state index contributed by atoms with van der Waals surface area (Å²) in [6.45, 7) is 4.77. The molecule has 0 radical (unpaired) electrons. The Hall–Kier alpha value is -2.22. The average molecular weight is 290 g/mol. The van der Waals surface area contributed by atoms with Crippen molar-refractivity contribution in [1.29, 1.82) is 0 Å². The molecule has 2 N–H and O–H groups in total. The third kappa shape index (κ3) is 4.12. The van der Waals surface area contributed by atoms with Gasteiger partial charge in [-0.25, -0.2) is 4.98 Å². The molecule has 114 valence electrons. The molecule has 0 unspecified atom stereocenters. The Morgan fingerprint density at radius 3 is 2.57 bits per heavy atom. The third-order valence-corrected chi connectivity index (χ3v) is 2.96. The van der Waals surface area contributed by atoms with E-state index in [1.165, 1.54) is 0 Å². The second-order valence-corrected chi connectivity index (χ2v) is 5.05. The fourth-order valence-electron chi connectivity index (χ4n) is 1.91. The number of hydrogen-bond acceptors (Lipinski definition) is 7. The van der Waals surface area contributed by atoms with Gasteiger partial charge in [0, 0.05) is 32.0 Å². The smallest absolute Gasteiger partial charge is 0.241 e. The Morgan fingerprint density at radius 2 is 1.95 bits per heavy atom. The Bertz CT molecular complexity index is 551. The second-order valence-electron chi connectivity index (χ2n) is 5.05. The molecular weight excluding hydrogens is 268 g/mol. The van der Waals surface area contributed by atoms with Gasteiger partial charge >= 0.3 is 0 Å². The molecule has 0 fully saturated rings. The van der Waals surface area contributed by atoms with E-state index in [2.05, 4.69) is 36.7 Å². The minimum atomic E-state index is 0.217. The van der Waals surface area contributed by atoms with Crippen LogP contribution >= 0.6 is 0 Å². The van der Waals surface area contributed by atoms with Crippen LogP contribution in [0.4, 0.5) is 11.9 Å². The maximum Gasteiger partial charge on any atom is 0.241 e. The van der Waals surface area contributed by atoms with E-state index >= 15 is 0 Å². The summed E-state index contributed by atoms with van der Waals surface area (Å²) in [5, 5.41) is 0. The van der Waals surface area contributed by atoms with E-state index in [0.717, 1.165) is 26.1 Å². The first-order valence-electron chi connectivity index (χ1n) is 6.99. The third-order valence-electron chi connectivity index (χ3n) is 2.96. The van der Waals surface area contributed by atoms with Crippen molar-refractivity contribution < 1.29 is 0 Å².